The molecule has 1 atom stereocenters. The number of nitrogens with one attached hydrogen (secondary N) is 1. The monoisotopic (exact) mass is 343 g/mol. The summed E-state index contributed by atoms with van der Waals surface area (Å²) >= 11 is 0. The Hall–Kier alpha value is -1.39. The summed E-state index contributed by atoms with van der Waals surface area (Å²) < 4.78 is 0. The lowest BCUT2D eigenvalue weighted by atomic mass is 9.90. The minimum absolute atomic E-state index is 0.214. The zero-order chi connectivity index (χ0) is 17.6. The first-order chi connectivity index (χ1) is 12.1. The molecule has 0 spiro atoms. The fraction of sp³-hybridized carbons (Fsp3) is 0.667. The molecule has 0 saturated carbocycles. The third kappa shape index (κ3) is 5.05. The standard InChI is InChI=1S/C21H33N3O/c1-23(2)20-7-4-13-24(14-10-20)21(25)19-6-3-5-18(16-19)15-17-8-11-22-12-9-17/h3,5-6,16-17,20,22H,4,7-15H2,1-2H3. The fourth-order valence-corrected chi connectivity index (χ4v) is 4.23. The van der Waals surface area contributed by atoms with Crippen LogP contribution in [0.25, 0.3) is 0 Å². The zero-order valence-electron chi connectivity index (χ0n) is 15.8. The van der Waals surface area contributed by atoms with Gasteiger partial charge in [0.2, 0.25) is 0 Å². The molecular weight excluding hydrogens is 310 g/mol. The summed E-state index contributed by atoms with van der Waals surface area (Å²) in [4.78, 5) is 17.3. The molecule has 4 nitrogen and oxygen atoms in total. The van der Waals surface area contributed by atoms with E-state index in [0.717, 1.165) is 56.9 Å². The molecule has 0 bridgehead atoms. The largest absolute Gasteiger partial charge is 0.339 e. The molecule has 1 aromatic rings. The van der Waals surface area contributed by atoms with Crippen LogP contribution in [0.4, 0.5) is 0 Å². The summed E-state index contributed by atoms with van der Waals surface area (Å²) in [6.45, 7) is 4.02. The number of likely N-dealkylation sites (tertiary alicyclic amines) is 1. The molecule has 1 unspecified atom stereocenters. The van der Waals surface area contributed by atoms with Crippen molar-refractivity contribution in [2.45, 2.75) is 44.6 Å². The minimum Gasteiger partial charge on any atom is -0.339 e. The molecule has 0 aromatic heterocycles. The fourth-order valence-electron chi connectivity index (χ4n) is 4.23. The SMILES string of the molecule is CN(C)C1CCCN(C(=O)c2cccc(CC3CCNCC3)c2)CC1. The van der Waals surface area contributed by atoms with Crippen LogP contribution in [0.5, 0.6) is 0 Å². The highest BCUT2D eigenvalue weighted by atomic mass is 16.2. The molecule has 1 amide bonds. The first-order valence-electron chi connectivity index (χ1n) is 9.89. The maximum Gasteiger partial charge on any atom is 0.253 e. The van der Waals surface area contributed by atoms with E-state index in [0.29, 0.717) is 6.04 Å². The van der Waals surface area contributed by atoms with E-state index >= 15 is 0 Å². The minimum atomic E-state index is 0.214. The van der Waals surface area contributed by atoms with Crippen molar-refractivity contribution in [3.8, 4) is 0 Å². The number of nitrogens with zero attached hydrogens (tertiary/aromatic N) is 2. The summed E-state index contributed by atoms with van der Waals surface area (Å²) in [5.74, 6) is 0.970. The molecule has 0 radical (unpaired) electrons. The second-order valence-electron chi connectivity index (χ2n) is 7.94. The topological polar surface area (TPSA) is 35.6 Å². The third-order valence-corrected chi connectivity index (χ3v) is 5.87. The zero-order valence-corrected chi connectivity index (χ0v) is 15.8. The summed E-state index contributed by atoms with van der Waals surface area (Å²) in [6.07, 6.45) is 6.96. The van der Waals surface area contributed by atoms with E-state index < -0.39 is 0 Å². The Balaban J connectivity index is 1.62. The van der Waals surface area contributed by atoms with Gasteiger partial charge >= 0.3 is 0 Å². The average Bonchev–Trinajstić information content (AvgIpc) is 2.88. The molecule has 138 valence electrons. The van der Waals surface area contributed by atoms with Crippen LogP contribution in [0.15, 0.2) is 24.3 Å². The summed E-state index contributed by atoms with van der Waals surface area (Å²) in [5.41, 5.74) is 2.19. The number of amides is 1. The van der Waals surface area contributed by atoms with Gasteiger partial charge in [-0.3, -0.25) is 4.79 Å². The number of hydrogen-bond acceptors (Lipinski definition) is 3. The van der Waals surface area contributed by atoms with Gasteiger partial charge in [-0.1, -0.05) is 12.1 Å². The molecule has 2 aliphatic heterocycles. The van der Waals surface area contributed by atoms with Crippen molar-refractivity contribution in [2.24, 2.45) is 5.92 Å². The molecule has 25 heavy (non-hydrogen) atoms. The molecule has 2 aliphatic rings. The normalized spacial score (nSPS) is 22.8. The Morgan fingerprint density at radius 2 is 1.96 bits per heavy atom. The Kier molecular flexibility index (Phi) is 6.49. The highest BCUT2D eigenvalue weighted by Gasteiger charge is 2.23. The van der Waals surface area contributed by atoms with Crippen molar-refractivity contribution < 1.29 is 4.79 Å². The Morgan fingerprint density at radius 3 is 2.72 bits per heavy atom. The molecule has 2 heterocycles. The number of rotatable bonds is 4. The predicted octanol–water partition coefficient (Wildman–Crippen LogP) is 2.79. The van der Waals surface area contributed by atoms with Crippen LogP contribution >= 0.6 is 0 Å². The average molecular weight is 344 g/mol. The lowest BCUT2D eigenvalue weighted by molar-refractivity contribution is 0.0758. The van der Waals surface area contributed by atoms with E-state index in [1.807, 2.05) is 6.07 Å². The maximum atomic E-state index is 13.0. The summed E-state index contributed by atoms with van der Waals surface area (Å²) in [7, 11) is 4.29. The van der Waals surface area contributed by atoms with Crippen molar-refractivity contribution in [3.63, 3.8) is 0 Å². The molecule has 2 fully saturated rings. The Bertz CT molecular complexity index is 566. The van der Waals surface area contributed by atoms with Gasteiger partial charge in [-0.15, -0.1) is 0 Å². The van der Waals surface area contributed by atoms with Gasteiger partial charge < -0.3 is 15.1 Å². The lowest BCUT2D eigenvalue weighted by Crippen LogP contribution is -2.34. The van der Waals surface area contributed by atoms with Gasteiger partial charge in [0.15, 0.2) is 0 Å². The highest BCUT2D eigenvalue weighted by Crippen LogP contribution is 2.21. The molecular formula is C21H33N3O. The van der Waals surface area contributed by atoms with E-state index in [1.165, 1.54) is 24.8 Å². The first-order valence-corrected chi connectivity index (χ1v) is 9.89. The molecule has 1 aromatic carbocycles. The van der Waals surface area contributed by atoms with Gasteiger partial charge in [-0.05, 0) is 89.3 Å². The van der Waals surface area contributed by atoms with Crippen LogP contribution in [-0.2, 0) is 6.42 Å². The van der Waals surface area contributed by atoms with Crippen LogP contribution < -0.4 is 5.32 Å². The molecule has 1 N–H and O–H groups in total. The van der Waals surface area contributed by atoms with Gasteiger partial charge in [-0.2, -0.15) is 0 Å². The highest BCUT2D eigenvalue weighted by molar-refractivity contribution is 5.94. The van der Waals surface area contributed by atoms with Gasteiger partial charge in [0.05, 0.1) is 0 Å². The van der Waals surface area contributed by atoms with Crippen molar-refractivity contribution in [1.82, 2.24) is 15.1 Å². The first kappa shape index (κ1) is 18.4. The summed E-state index contributed by atoms with van der Waals surface area (Å²) in [6, 6.07) is 8.97. The van der Waals surface area contributed by atoms with Crippen molar-refractivity contribution in [3.05, 3.63) is 35.4 Å². The lowest BCUT2D eigenvalue weighted by Gasteiger charge is -2.24. The quantitative estimate of drug-likeness (QED) is 0.913. The van der Waals surface area contributed by atoms with E-state index in [2.05, 4.69) is 47.4 Å². The van der Waals surface area contributed by atoms with Crippen molar-refractivity contribution in [2.75, 3.05) is 40.3 Å². The molecule has 2 saturated heterocycles. The van der Waals surface area contributed by atoms with Crippen LogP contribution in [0.3, 0.4) is 0 Å². The Morgan fingerprint density at radius 1 is 1.16 bits per heavy atom. The van der Waals surface area contributed by atoms with Crippen molar-refractivity contribution in [1.29, 1.82) is 0 Å². The molecule has 3 rings (SSSR count). The Labute approximate surface area is 152 Å². The second kappa shape index (κ2) is 8.81. The van der Waals surface area contributed by atoms with Gasteiger partial charge in [0, 0.05) is 24.7 Å². The summed E-state index contributed by atoms with van der Waals surface area (Å²) in [5, 5.41) is 3.43. The number of carbonyl (C=O) groups excluding carboxylic acids is 1. The van der Waals surface area contributed by atoms with Crippen LogP contribution in [0.2, 0.25) is 0 Å². The van der Waals surface area contributed by atoms with Gasteiger partial charge in [0.25, 0.3) is 5.91 Å². The van der Waals surface area contributed by atoms with Crippen LogP contribution in [0.1, 0.15) is 48.0 Å². The number of carbonyl (C=O) groups is 1. The maximum absolute atomic E-state index is 13.0. The second-order valence-corrected chi connectivity index (χ2v) is 7.94. The van der Waals surface area contributed by atoms with Crippen LogP contribution in [0, 0.1) is 5.92 Å². The van der Waals surface area contributed by atoms with E-state index in [9.17, 15) is 4.79 Å². The number of hydrogen-bond donors (Lipinski definition) is 1. The molecule has 4 heteroatoms. The van der Waals surface area contributed by atoms with Crippen molar-refractivity contribution >= 4 is 5.91 Å². The van der Waals surface area contributed by atoms with Gasteiger partial charge in [-0.25, -0.2) is 0 Å². The number of benzene rings is 1. The predicted molar refractivity (Wildman–Crippen MR) is 103 cm³/mol. The van der Waals surface area contributed by atoms with Gasteiger partial charge in [0.1, 0.15) is 0 Å². The van der Waals surface area contributed by atoms with E-state index in [4.69, 9.17) is 0 Å². The van der Waals surface area contributed by atoms with E-state index in [-0.39, 0.29) is 5.91 Å². The molecule has 0 aliphatic carbocycles. The number of piperidine rings is 1. The van der Waals surface area contributed by atoms with Crippen LogP contribution in [-0.4, -0.2) is 62.0 Å². The third-order valence-electron chi connectivity index (χ3n) is 5.87. The van der Waals surface area contributed by atoms with E-state index in [1.54, 1.807) is 0 Å². The smallest absolute Gasteiger partial charge is 0.253 e.